The Morgan fingerprint density at radius 1 is 1.69 bits per heavy atom. The van der Waals surface area contributed by atoms with E-state index in [9.17, 15) is 4.79 Å². The summed E-state index contributed by atoms with van der Waals surface area (Å²) in [4.78, 5) is 10.6. The van der Waals surface area contributed by atoms with E-state index in [1.165, 1.54) is 0 Å². The maximum absolute atomic E-state index is 10.6. The topological polar surface area (TPSA) is 74.0 Å². The van der Waals surface area contributed by atoms with Crippen molar-refractivity contribution < 1.29 is 4.79 Å². The number of hydrogen-bond donors (Lipinski definition) is 2. The van der Waals surface area contributed by atoms with Crippen molar-refractivity contribution in [3.05, 3.63) is 24.0 Å². The lowest BCUT2D eigenvalue weighted by Crippen LogP contribution is -2.17. The fourth-order valence-electron chi connectivity index (χ4n) is 1.27. The molecular weight excluding hydrogens is 166 g/mol. The van der Waals surface area contributed by atoms with E-state index in [0.29, 0.717) is 13.0 Å². The molecule has 1 rings (SSSR count). The van der Waals surface area contributed by atoms with Crippen molar-refractivity contribution in [2.75, 3.05) is 0 Å². The molecule has 72 valence electrons. The first-order valence-electron chi connectivity index (χ1n) is 4.30. The highest BCUT2D eigenvalue weighted by atomic mass is 16.1. The fraction of sp³-hybridized carbons (Fsp3) is 0.444. The van der Waals surface area contributed by atoms with Crippen molar-refractivity contribution in [2.24, 2.45) is 11.5 Å². The molecule has 0 bridgehead atoms. The second kappa shape index (κ2) is 4.09. The molecule has 1 amide bonds. The molecule has 4 heteroatoms. The molecule has 1 atom stereocenters. The molecule has 4 nitrogen and oxygen atoms in total. The van der Waals surface area contributed by atoms with Gasteiger partial charge in [0.1, 0.15) is 0 Å². The first-order chi connectivity index (χ1) is 6.11. The first-order valence-corrected chi connectivity index (χ1v) is 4.30. The SMILES string of the molecule is CC(N)c1cccn1CCC(N)=O. The zero-order valence-electron chi connectivity index (χ0n) is 7.73. The first kappa shape index (κ1) is 9.80. The molecule has 0 saturated carbocycles. The molecule has 1 heterocycles. The molecule has 0 aliphatic heterocycles. The molecule has 0 saturated heterocycles. The lowest BCUT2D eigenvalue weighted by atomic mass is 10.2. The Morgan fingerprint density at radius 3 is 2.92 bits per heavy atom. The molecule has 0 spiro atoms. The van der Waals surface area contributed by atoms with Crippen molar-refractivity contribution in [1.82, 2.24) is 4.57 Å². The lowest BCUT2D eigenvalue weighted by Gasteiger charge is -2.10. The molecule has 1 aromatic heterocycles. The zero-order valence-corrected chi connectivity index (χ0v) is 7.73. The van der Waals surface area contributed by atoms with E-state index in [4.69, 9.17) is 11.5 Å². The fourth-order valence-corrected chi connectivity index (χ4v) is 1.27. The average molecular weight is 181 g/mol. The lowest BCUT2D eigenvalue weighted by molar-refractivity contribution is -0.118. The molecule has 0 aliphatic rings. The van der Waals surface area contributed by atoms with E-state index in [1.807, 2.05) is 29.8 Å². The van der Waals surface area contributed by atoms with Gasteiger partial charge in [-0.15, -0.1) is 0 Å². The van der Waals surface area contributed by atoms with Crippen LogP contribution in [-0.4, -0.2) is 10.5 Å². The van der Waals surface area contributed by atoms with Gasteiger partial charge in [0.15, 0.2) is 0 Å². The molecule has 1 aromatic rings. The van der Waals surface area contributed by atoms with Crippen LogP contribution in [0.2, 0.25) is 0 Å². The van der Waals surface area contributed by atoms with Gasteiger partial charge in [0, 0.05) is 30.9 Å². The van der Waals surface area contributed by atoms with Gasteiger partial charge in [0.05, 0.1) is 0 Å². The predicted molar refractivity (Wildman–Crippen MR) is 50.8 cm³/mol. The highest BCUT2D eigenvalue weighted by molar-refractivity contribution is 5.73. The normalized spacial score (nSPS) is 12.8. The maximum atomic E-state index is 10.6. The molecular formula is C9H15N3O. The van der Waals surface area contributed by atoms with Gasteiger partial charge in [0.25, 0.3) is 0 Å². The molecule has 4 N–H and O–H groups in total. The summed E-state index contributed by atoms with van der Waals surface area (Å²) in [6.07, 6.45) is 2.26. The number of aryl methyl sites for hydroxylation is 1. The molecule has 13 heavy (non-hydrogen) atoms. The predicted octanol–water partition coefficient (Wildman–Crippen LogP) is 0.383. The molecule has 0 radical (unpaired) electrons. The van der Waals surface area contributed by atoms with E-state index in [2.05, 4.69) is 0 Å². The number of aromatic nitrogens is 1. The summed E-state index contributed by atoms with van der Waals surface area (Å²) in [5.74, 6) is -0.288. The van der Waals surface area contributed by atoms with Crippen LogP contribution >= 0.6 is 0 Å². The van der Waals surface area contributed by atoms with Gasteiger partial charge in [-0.3, -0.25) is 4.79 Å². The van der Waals surface area contributed by atoms with Crippen molar-refractivity contribution in [3.8, 4) is 0 Å². The zero-order chi connectivity index (χ0) is 9.84. The van der Waals surface area contributed by atoms with Crippen LogP contribution < -0.4 is 11.5 Å². The highest BCUT2D eigenvalue weighted by Gasteiger charge is 2.05. The third-order valence-electron chi connectivity index (χ3n) is 1.93. The molecule has 0 aromatic carbocycles. The summed E-state index contributed by atoms with van der Waals surface area (Å²) in [6, 6.07) is 3.86. The van der Waals surface area contributed by atoms with Crippen molar-refractivity contribution >= 4 is 5.91 Å². The quantitative estimate of drug-likeness (QED) is 0.704. The molecule has 0 aliphatic carbocycles. The van der Waals surface area contributed by atoms with E-state index >= 15 is 0 Å². The smallest absolute Gasteiger partial charge is 0.219 e. The Kier molecular flexibility index (Phi) is 3.08. The molecule has 1 unspecified atom stereocenters. The van der Waals surface area contributed by atoms with E-state index in [1.54, 1.807) is 0 Å². The number of hydrogen-bond acceptors (Lipinski definition) is 2. The molecule has 0 fully saturated rings. The number of nitrogens with two attached hydrogens (primary N) is 2. The van der Waals surface area contributed by atoms with E-state index < -0.39 is 0 Å². The van der Waals surface area contributed by atoms with Crippen LogP contribution in [0.25, 0.3) is 0 Å². The van der Waals surface area contributed by atoms with Gasteiger partial charge in [0.2, 0.25) is 5.91 Å². The largest absolute Gasteiger partial charge is 0.370 e. The van der Waals surface area contributed by atoms with Gasteiger partial charge >= 0.3 is 0 Å². The summed E-state index contributed by atoms with van der Waals surface area (Å²) in [5, 5.41) is 0. The Bertz CT molecular complexity index is 291. The second-order valence-electron chi connectivity index (χ2n) is 3.13. The summed E-state index contributed by atoms with van der Waals surface area (Å²) < 4.78 is 1.95. The number of carbonyl (C=O) groups excluding carboxylic acids is 1. The summed E-state index contributed by atoms with van der Waals surface area (Å²) in [5.41, 5.74) is 11.8. The number of rotatable bonds is 4. The van der Waals surface area contributed by atoms with Gasteiger partial charge in [-0.2, -0.15) is 0 Å². The Balaban J connectivity index is 2.65. The van der Waals surface area contributed by atoms with Crippen molar-refractivity contribution in [2.45, 2.75) is 25.9 Å². The number of primary amides is 1. The van der Waals surface area contributed by atoms with Crippen LogP contribution in [0.3, 0.4) is 0 Å². The maximum Gasteiger partial charge on any atom is 0.219 e. The third-order valence-corrected chi connectivity index (χ3v) is 1.93. The van der Waals surface area contributed by atoms with Crippen molar-refractivity contribution in [1.29, 1.82) is 0 Å². The van der Waals surface area contributed by atoms with Crippen LogP contribution in [0.1, 0.15) is 25.1 Å². The highest BCUT2D eigenvalue weighted by Crippen LogP contribution is 2.10. The van der Waals surface area contributed by atoms with Gasteiger partial charge in [-0.1, -0.05) is 0 Å². The van der Waals surface area contributed by atoms with Gasteiger partial charge in [-0.05, 0) is 19.1 Å². The summed E-state index contributed by atoms with van der Waals surface area (Å²) >= 11 is 0. The van der Waals surface area contributed by atoms with Crippen LogP contribution in [0.5, 0.6) is 0 Å². The minimum Gasteiger partial charge on any atom is -0.370 e. The number of amides is 1. The second-order valence-corrected chi connectivity index (χ2v) is 3.13. The summed E-state index contributed by atoms with van der Waals surface area (Å²) in [7, 11) is 0. The Labute approximate surface area is 77.5 Å². The average Bonchev–Trinajstić information content (AvgIpc) is 2.47. The van der Waals surface area contributed by atoms with Gasteiger partial charge < -0.3 is 16.0 Å². The van der Waals surface area contributed by atoms with Crippen LogP contribution in [0, 0.1) is 0 Å². The third kappa shape index (κ3) is 2.59. The summed E-state index contributed by atoms with van der Waals surface area (Å²) in [6.45, 7) is 2.52. The van der Waals surface area contributed by atoms with E-state index in [-0.39, 0.29) is 11.9 Å². The van der Waals surface area contributed by atoms with Crippen LogP contribution in [0.4, 0.5) is 0 Å². The minimum absolute atomic E-state index is 0.0112. The Hall–Kier alpha value is -1.29. The number of nitrogens with zero attached hydrogens (tertiary/aromatic N) is 1. The number of carbonyl (C=O) groups is 1. The van der Waals surface area contributed by atoms with Gasteiger partial charge in [-0.25, -0.2) is 0 Å². The monoisotopic (exact) mass is 181 g/mol. The van der Waals surface area contributed by atoms with Crippen LogP contribution in [0.15, 0.2) is 18.3 Å². The minimum atomic E-state index is -0.288. The van der Waals surface area contributed by atoms with Crippen LogP contribution in [-0.2, 0) is 11.3 Å². The van der Waals surface area contributed by atoms with Crippen molar-refractivity contribution in [3.63, 3.8) is 0 Å². The standard InChI is InChI=1S/C9H15N3O/c1-7(10)8-3-2-5-12(8)6-4-9(11)13/h2-3,5,7H,4,6,10H2,1H3,(H2,11,13). The Morgan fingerprint density at radius 2 is 2.38 bits per heavy atom. The van der Waals surface area contributed by atoms with E-state index in [0.717, 1.165) is 5.69 Å².